The van der Waals surface area contributed by atoms with Gasteiger partial charge < -0.3 is 14.3 Å². The molecule has 0 fully saturated rings. The summed E-state index contributed by atoms with van der Waals surface area (Å²) in [6.07, 6.45) is 5.29. The lowest BCUT2D eigenvalue weighted by molar-refractivity contribution is -0.143. The Kier molecular flexibility index (Phi) is 7.78. The normalized spacial score (nSPS) is 11.3. The lowest BCUT2D eigenvalue weighted by atomic mass is 9.97. The topological polar surface area (TPSA) is 70.0 Å². The summed E-state index contributed by atoms with van der Waals surface area (Å²) in [7, 11) is 1.66. The van der Waals surface area contributed by atoms with Gasteiger partial charge in [0, 0.05) is 35.3 Å². The molecule has 0 N–H and O–H groups in total. The fourth-order valence-corrected chi connectivity index (χ4v) is 3.20. The van der Waals surface area contributed by atoms with E-state index in [1.165, 1.54) is 0 Å². The summed E-state index contributed by atoms with van der Waals surface area (Å²) in [6, 6.07) is 15.8. The van der Waals surface area contributed by atoms with Crippen LogP contribution < -0.4 is 4.74 Å². The third-order valence-corrected chi connectivity index (χ3v) is 4.62. The van der Waals surface area contributed by atoms with E-state index in [4.69, 9.17) is 14.3 Å². The van der Waals surface area contributed by atoms with Crippen LogP contribution in [0.1, 0.15) is 37.3 Å². The smallest absolute Gasteiger partial charge is 0.305 e. The molecule has 3 rings (SSSR count). The predicted molar refractivity (Wildman–Crippen MR) is 117 cm³/mol. The van der Waals surface area contributed by atoms with Crippen LogP contribution in [0.5, 0.6) is 5.75 Å². The monoisotopic (exact) mass is 406 g/mol. The molecule has 0 aliphatic heterocycles. The largest absolute Gasteiger partial charge is 0.496 e. The zero-order chi connectivity index (χ0) is 21.2. The maximum Gasteiger partial charge on any atom is 0.305 e. The van der Waals surface area contributed by atoms with Gasteiger partial charge >= 0.3 is 5.97 Å². The molecule has 6 heteroatoms. The molecule has 2 aromatic carbocycles. The van der Waals surface area contributed by atoms with Crippen LogP contribution in [-0.2, 0) is 14.4 Å². The third-order valence-electron chi connectivity index (χ3n) is 4.62. The van der Waals surface area contributed by atoms with Crippen molar-refractivity contribution in [2.75, 3.05) is 20.3 Å². The average molecular weight is 406 g/mol. The Hall–Kier alpha value is -3.41. The van der Waals surface area contributed by atoms with Gasteiger partial charge in [-0.05, 0) is 49.4 Å². The van der Waals surface area contributed by atoms with Crippen molar-refractivity contribution >= 4 is 22.5 Å². The van der Waals surface area contributed by atoms with Gasteiger partial charge in [-0.3, -0.25) is 9.78 Å². The maximum absolute atomic E-state index is 11.4. The van der Waals surface area contributed by atoms with Crippen LogP contribution in [-0.4, -0.2) is 37.0 Å². The molecule has 30 heavy (non-hydrogen) atoms. The van der Waals surface area contributed by atoms with Gasteiger partial charge in [0.15, 0.2) is 0 Å². The molecule has 0 radical (unpaired) electrons. The van der Waals surface area contributed by atoms with Crippen LogP contribution in [0.3, 0.4) is 0 Å². The molecular formula is C24H26N2O4. The number of methoxy groups -OCH3 is 1. The highest BCUT2D eigenvalue weighted by atomic mass is 16.6. The number of rotatable bonds is 10. The van der Waals surface area contributed by atoms with Gasteiger partial charge in [-0.2, -0.15) is 0 Å². The number of pyridine rings is 1. The Balaban J connectivity index is 1.82. The van der Waals surface area contributed by atoms with Crippen molar-refractivity contribution in [3.05, 3.63) is 72.1 Å². The Morgan fingerprint density at radius 2 is 1.87 bits per heavy atom. The number of hydrogen-bond acceptors (Lipinski definition) is 6. The van der Waals surface area contributed by atoms with Gasteiger partial charge in [0.1, 0.15) is 18.1 Å². The summed E-state index contributed by atoms with van der Waals surface area (Å²) in [5, 5.41) is 6.46. The predicted octanol–water partition coefficient (Wildman–Crippen LogP) is 4.75. The molecule has 0 atom stereocenters. The van der Waals surface area contributed by atoms with E-state index in [0.717, 1.165) is 27.6 Å². The molecule has 156 valence electrons. The molecule has 3 aromatic rings. The summed E-state index contributed by atoms with van der Waals surface area (Å²) in [6.45, 7) is 2.62. The van der Waals surface area contributed by atoms with Crippen molar-refractivity contribution in [3.63, 3.8) is 0 Å². The second-order valence-electron chi connectivity index (χ2n) is 6.64. The Labute approximate surface area is 176 Å². The highest BCUT2D eigenvalue weighted by Gasteiger charge is 2.14. The van der Waals surface area contributed by atoms with E-state index in [2.05, 4.69) is 10.1 Å². The highest BCUT2D eigenvalue weighted by molar-refractivity contribution is 6.19. The molecule has 0 amide bonds. The standard InChI is InChI=1S/C24H26N2O4/c1-3-29-23(27)12-6-7-16-30-26-24(18-9-8-15-25-17-18)21-13-14-22(28-2)20-11-5-4-10-19(20)21/h4-5,8-11,13-15,17H,3,6-7,12,16H2,1-2H3. The lowest BCUT2D eigenvalue weighted by Crippen LogP contribution is -2.07. The molecule has 0 unspecified atom stereocenters. The zero-order valence-corrected chi connectivity index (χ0v) is 17.3. The molecule has 0 saturated heterocycles. The molecule has 0 aliphatic carbocycles. The number of hydrogen-bond donors (Lipinski definition) is 0. The van der Waals surface area contributed by atoms with Gasteiger partial charge in [0.25, 0.3) is 0 Å². The van der Waals surface area contributed by atoms with E-state index < -0.39 is 0 Å². The lowest BCUT2D eigenvalue weighted by Gasteiger charge is -2.13. The van der Waals surface area contributed by atoms with Crippen molar-refractivity contribution in [1.29, 1.82) is 0 Å². The number of carbonyl (C=O) groups is 1. The minimum absolute atomic E-state index is 0.179. The van der Waals surface area contributed by atoms with E-state index >= 15 is 0 Å². The Bertz CT molecular complexity index is 1000. The molecule has 0 bridgehead atoms. The van der Waals surface area contributed by atoms with Crippen LogP contribution in [0.25, 0.3) is 10.8 Å². The van der Waals surface area contributed by atoms with Crippen LogP contribution >= 0.6 is 0 Å². The third kappa shape index (κ3) is 5.35. The summed E-state index contributed by atoms with van der Waals surface area (Å²) in [4.78, 5) is 21.3. The van der Waals surface area contributed by atoms with Crippen molar-refractivity contribution in [2.24, 2.45) is 5.16 Å². The number of nitrogens with zero attached hydrogens (tertiary/aromatic N) is 2. The molecule has 1 heterocycles. The highest BCUT2D eigenvalue weighted by Crippen LogP contribution is 2.30. The Morgan fingerprint density at radius 1 is 1.03 bits per heavy atom. The van der Waals surface area contributed by atoms with Gasteiger partial charge in [0.05, 0.1) is 13.7 Å². The second-order valence-corrected chi connectivity index (χ2v) is 6.64. The SMILES string of the molecule is CCOC(=O)CCCCON=C(c1cccnc1)c1ccc(OC)c2ccccc12. The molecule has 6 nitrogen and oxygen atoms in total. The van der Waals surface area contributed by atoms with Crippen LogP contribution in [0, 0.1) is 0 Å². The van der Waals surface area contributed by atoms with Crippen LogP contribution in [0.4, 0.5) is 0 Å². The van der Waals surface area contributed by atoms with Gasteiger partial charge in [-0.1, -0.05) is 29.4 Å². The summed E-state index contributed by atoms with van der Waals surface area (Å²) < 4.78 is 10.4. The van der Waals surface area contributed by atoms with Gasteiger partial charge in [0.2, 0.25) is 0 Å². The second kappa shape index (κ2) is 11.0. The zero-order valence-electron chi connectivity index (χ0n) is 17.3. The first kappa shape index (κ1) is 21.3. The van der Waals surface area contributed by atoms with Crippen molar-refractivity contribution in [3.8, 4) is 5.75 Å². The summed E-state index contributed by atoms with van der Waals surface area (Å²) in [5.41, 5.74) is 2.50. The number of esters is 1. The first-order valence-electron chi connectivity index (χ1n) is 10.1. The fraction of sp³-hybridized carbons (Fsp3) is 0.292. The van der Waals surface area contributed by atoms with Gasteiger partial charge in [-0.15, -0.1) is 0 Å². The fourth-order valence-electron chi connectivity index (χ4n) is 3.20. The Morgan fingerprint density at radius 3 is 2.60 bits per heavy atom. The average Bonchev–Trinajstić information content (AvgIpc) is 2.79. The number of fused-ring (bicyclic) bond motifs is 1. The quantitative estimate of drug-likeness (QED) is 0.210. The van der Waals surface area contributed by atoms with E-state index in [1.807, 2.05) is 48.5 Å². The molecule has 0 spiro atoms. The number of ether oxygens (including phenoxy) is 2. The summed E-state index contributed by atoms with van der Waals surface area (Å²) >= 11 is 0. The number of benzene rings is 2. The van der Waals surface area contributed by atoms with Gasteiger partial charge in [-0.25, -0.2) is 0 Å². The molecule has 1 aromatic heterocycles. The molecular weight excluding hydrogens is 380 g/mol. The minimum Gasteiger partial charge on any atom is -0.496 e. The molecule has 0 aliphatic rings. The van der Waals surface area contributed by atoms with E-state index in [0.29, 0.717) is 38.2 Å². The maximum atomic E-state index is 11.4. The van der Waals surface area contributed by atoms with Crippen LogP contribution in [0.2, 0.25) is 0 Å². The minimum atomic E-state index is -0.179. The van der Waals surface area contributed by atoms with Crippen molar-refractivity contribution in [2.45, 2.75) is 26.2 Å². The van der Waals surface area contributed by atoms with Crippen molar-refractivity contribution < 1.29 is 19.1 Å². The number of carbonyl (C=O) groups excluding carboxylic acids is 1. The van der Waals surface area contributed by atoms with E-state index in [9.17, 15) is 4.79 Å². The first-order chi connectivity index (χ1) is 14.7. The van der Waals surface area contributed by atoms with E-state index in [1.54, 1.807) is 26.4 Å². The summed E-state index contributed by atoms with van der Waals surface area (Å²) in [5.74, 6) is 0.626. The van der Waals surface area contributed by atoms with Crippen LogP contribution in [0.15, 0.2) is 66.1 Å². The first-order valence-corrected chi connectivity index (χ1v) is 10.1. The van der Waals surface area contributed by atoms with Crippen molar-refractivity contribution in [1.82, 2.24) is 4.98 Å². The number of aromatic nitrogens is 1. The molecule has 0 saturated carbocycles. The number of oxime groups is 1. The van der Waals surface area contributed by atoms with E-state index in [-0.39, 0.29) is 5.97 Å². The number of unbranched alkanes of at least 4 members (excludes halogenated alkanes) is 1.